The van der Waals surface area contributed by atoms with Crippen LogP contribution in [-0.4, -0.2) is 19.0 Å². The van der Waals surface area contributed by atoms with Gasteiger partial charge in [-0.1, -0.05) is 59.1 Å². The summed E-state index contributed by atoms with van der Waals surface area (Å²) >= 11 is 0. The zero-order chi connectivity index (χ0) is 22.8. The molecule has 0 spiro atoms. The van der Waals surface area contributed by atoms with Crippen molar-refractivity contribution in [3.63, 3.8) is 0 Å². The van der Waals surface area contributed by atoms with E-state index < -0.39 is 5.41 Å². The second kappa shape index (κ2) is 9.34. The molecule has 31 heavy (non-hydrogen) atoms. The summed E-state index contributed by atoms with van der Waals surface area (Å²) in [5.74, 6) is 1.08. The van der Waals surface area contributed by atoms with Gasteiger partial charge >= 0.3 is 11.9 Å². The topological polar surface area (TPSA) is 52.6 Å². The summed E-state index contributed by atoms with van der Waals surface area (Å²) in [7, 11) is 1.50. The Hall–Kier alpha value is -1.84. The van der Waals surface area contributed by atoms with Crippen molar-refractivity contribution in [1.82, 2.24) is 0 Å². The SMILES string of the molecule is CCCCCC(=O)Oc1c(C(C)C)ccc2c1CC[C@H]1[C@](C)(C(=O)OC)CCC[C@]21C. The number of hydrogen-bond donors (Lipinski definition) is 0. The second-order valence-electron chi connectivity index (χ2n) is 10.4. The minimum absolute atomic E-state index is 0.0896. The number of carbonyl (C=O) groups is 2. The Morgan fingerprint density at radius 3 is 2.55 bits per heavy atom. The average molecular weight is 429 g/mol. The third-order valence-electron chi connectivity index (χ3n) is 7.99. The molecule has 0 unspecified atom stereocenters. The lowest BCUT2D eigenvalue weighted by atomic mass is 9.49. The first kappa shape index (κ1) is 23.8. The Kier molecular flexibility index (Phi) is 7.18. The highest BCUT2D eigenvalue weighted by molar-refractivity contribution is 5.78. The van der Waals surface area contributed by atoms with E-state index in [0.29, 0.717) is 6.42 Å². The Morgan fingerprint density at radius 2 is 1.90 bits per heavy atom. The number of fused-ring (bicyclic) bond motifs is 3. The molecule has 2 aliphatic carbocycles. The summed E-state index contributed by atoms with van der Waals surface area (Å²) in [6.45, 7) is 10.8. The Morgan fingerprint density at radius 1 is 1.16 bits per heavy atom. The summed E-state index contributed by atoms with van der Waals surface area (Å²) in [6, 6.07) is 4.39. The van der Waals surface area contributed by atoms with Gasteiger partial charge in [-0.2, -0.15) is 0 Å². The lowest BCUT2D eigenvalue weighted by molar-refractivity contribution is -0.161. The van der Waals surface area contributed by atoms with Crippen LogP contribution in [0.2, 0.25) is 0 Å². The van der Waals surface area contributed by atoms with E-state index in [1.165, 1.54) is 18.2 Å². The van der Waals surface area contributed by atoms with Crippen LogP contribution in [-0.2, 0) is 26.2 Å². The number of carbonyl (C=O) groups excluding carboxylic acids is 2. The number of hydrogen-bond acceptors (Lipinski definition) is 4. The molecule has 0 aromatic heterocycles. The molecule has 4 heteroatoms. The molecule has 3 atom stereocenters. The average Bonchev–Trinajstić information content (AvgIpc) is 2.73. The van der Waals surface area contributed by atoms with Crippen LogP contribution in [0.15, 0.2) is 12.1 Å². The lowest BCUT2D eigenvalue weighted by Crippen LogP contribution is -2.52. The van der Waals surface area contributed by atoms with Gasteiger partial charge in [0.2, 0.25) is 0 Å². The van der Waals surface area contributed by atoms with Crippen molar-refractivity contribution in [2.75, 3.05) is 7.11 Å². The van der Waals surface area contributed by atoms with Crippen molar-refractivity contribution >= 4 is 11.9 Å². The van der Waals surface area contributed by atoms with Crippen molar-refractivity contribution in [3.8, 4) is 5.75 Å². The number of ether oxygens (including phenoxy) is 2. The number of rotatable bonds is 7. The molecule has 3 rings (SSSR count). The van der Waals surface area contributed by atoms with E-state index in [2.05, 4.69) is 46.8 Å². The first-order chi connectivity index (χ1) is 14.7. The highest BCUT2D eigenvalue weighted by Crippen LogP contribution is 2.59. The molecule has 0 aliphatic heterocycles. The Bertz CT molecular complexity index is 827. The van der Waals surface area contributed by atoms with Crippen molar-refractivity contribution in [2.45, 2.75) is 104 Å². The highest BCUT2D eigenvalue weighted by Gasteiger charge is 2.56. The second-order valence-corrected chi connectivity index (χ2v) is 10.4. The third-order valence-corrected chi connectivity index (χ3v) is 7.99. The molecule has 2 aliphatic rings. The molecular weight excluding hydrogens is 388 g/mol. The molecule has 0 bridgehead atoms. The van der Waals surface area contributed by atoms with Gasteiger partial charge in [-0.3, -0.25) is 9.59 Å². The highest BCUT2D eigenvalue weighted by atomic mass is 16.5. The number of methoxy groups -OCH3 is 1. The molecule has 1 aromatic rings. The van der Waals surface area contributed by atoms with E-state index in [9.17, 15) is 9.59 Å². The summed E-state index contributed by atoms with van der Waals surface area (Å²) in [5.41, 5.74) is 2.97. The molecule has 1 aromatic carbocycles. The molecule has 0 radical (unpaired) electrons. The zero-order valence-electron chi connectivity index (χ0n) is 20.3. The van der Waals surface area contributed by atoms with Crippen LogP contribution in [0.25, 0.3) is 0 Å². The van der Waals surface area contributed by atoms with Gasteiger partial charge in [0.05, 0.1) is 12.5 Å². The molecule has 1 saturated carbocycles. The van der Waals surface area contributed by atoms with Crippen LogP contribution in [0.5, 0.6) is 5.75 Å². The Balaban J connectivity index is 2.02. The van der Waals surface area contributed by atoms with E-state index in [0.717, 1.165) is 62.7 Å². The van der Waals surface area contributed by atoms with Crippen LogP contribution in [0.1, 0.15) is 109 Å². The molecule has 0 saturated heterocycles. The lowest BCUT2D eigenvalue weighted by Gasteiger charge is -2.54. The molecule has 0 N–H and O–H groups in total. The van der Waals surface area contributed by atoms with Gasteiger partial charge in [-0.25, -0.2) is 0 Å². The first-order valence-electron chi connectivity index (χ1n) is 12.1. The fraction of sp³-hybridized carbons (Fsp3) is 0.704. The standard InChI is InChI=1S/C27H40O4/c1-7-8-9-11-23(28)31-24-19(18(2)3)12-14-21-20(24)13-15-22-26(21,4)16-10-17-27(22,5)25(29)30-6/h12,14,18,22H,7-11,13,15-17H2,1-6H3/t22-,26-,27-/m1/s1. The van der Waals surface area contributed by atoms with E-state index in [1.807, 2.05) is 0 Å². The molecular formula is C27H40O4. The normalized spacial score (nSPS) is 27.4. The smallest absolute Gasteiger partial charge is 0.311 e. The van der Waals surface area contributed by atoms with E-state index in [4.69, 9.17) is 9.47 Å². The van der Waals surface area contributed by atoms with Crippen molar-refractivity contribution in [2.24, 2.45) is 11.3 Å². The predicted molar refractivity (Wildman–Crippen MR) is 123 cm³/mol. The summed E-state index contributed by atoms with van der Waals surface area (Å²) in [6.07, 6.45) is 8.14. The third kappa shape index (κ3) is 4.27. The summed E-state index contributed by atoms with van der Waals surface area (Å²) in [4.78, 5) is 25.4. The quantitative estimate of drug-likeness (QED) is 0.283. The monoisotopic (exact) mass is 428 g/mol. The number of benzene rings is 1. The number of unbranched alkanes of at least 4 members (excludes halogenated alkanes) is 2. The van der Waals surface area contributed by atoms with Crippen molar-refractivity contribution in [1.29, 1.82) is 0 Å². The van der Waals surface area contributed by atoms with Gasteiger partial charge in [0.15, 0.2) is 0 Å². The van der Waals surface area contributed by atoms with E-state index >= 15 is 0 Å². The summed E-state index contributed by atoms with van der Waals surface area (Å²) in [5, 5.41) is 0. The first-order valence-corrected chi connectivity index (χ1v) is 12.1. The van der Waals surface area contributed by atoms with Crippen molar-refractivity contribution < 1.29 is 19.1 Å². The summed E-state index contributed by atoms with van der Waals surface area (Å²) < 4.78 is 11.3. The van der Waals surface area contributed by atoms with Crippen LogP contribution in [0, 0.1) is 11.3 Å². The maximum absolute atomic E-state index is 12.8. The maximum Gasteiger partial charge on any atom is 0.311 e. The fourth-order valence-corrected chi connectivity index (χ4v) is 6.29. The maximum atomic E-state index is 12.8. The van der Waals surface area contributed by atoms with Crippen LogP contribution < -0.4 is 4.74 Å². The molecule has 1 fully saturated rings. The van der Waals surface area contributed by atoms with E-state index in [1.54, 1.807) is 0 Å². The zero-order valence-corrected chi connectivity index (χ0v) is 20.3. The van der Waals surface area contributed by atoms with E-state index in [-0.39, 0.29) is 29.2 Å². The fourth-order valence-electron chi connectivity index (χ4n) is 6.29. The number of esters is 2. The van der Waals surface area contributed by atoms with Crippen LogP contribution in [0.4, 0.5) is 0 Å². The van der Waals surface area contributed by atoms with Gasteiger partial charge < -0.3 is 9.47 Å². The molecule has 0 heterocycles. The van der Waals surface area contributed by atoms with Gasteiger partial charge in [0.25, 0.3) is 0 Å². The Labute approximate surface area is 188 Å². The minimum Gasteiger partial charge on any atom is -0.469 e. The molecule has 172 valence electrons. The van der Waals surface area contributed by atoms with Crippen molar-refractivity contribution in [3.05, 3.63) is 28.8 Å². The van der Waals surface area contributed by atoms with Gasteiger partial charge in [-0.05, 0) is 73.0 Å². The predicted octanol–water partition coefficient (Wildman–Crippen LogP) is 6.48. The minimum atomic E-state index is -0.465. The van der Waals surface area contributed by atoms with Gasteiger partial charge in [0, 0.05) is 6.42 Å². The van der Waals surface area contributed by atoms with Crippen LogP contribution in [0.3, 0.4) is 0 Å². The van der Waals surface area contributed by atoms with Crippen LogP contribution >= 0.6 is 0 Å². The largest absolute Gasteiger partial charge is 0.469 e. The van der Waals surface area contributed by atoms with Gasteiger partial charge in [-0.15, -0.1) is 0 Å². The van der Waals surface area contributed by atoms with Gasteiger partial charge in [0.1, 0.15) is 5.75 Å². The molecule has 0 amide bonds. The molecule has 4 nitrogen and oxygen atoms in total.